The first kappa shape index (κ1) is 20.0. The smallest absolute Gasteiger partial charge is 0.119 e. The Bertz CT molecular complexity index is 926. The third-order valence-electron chi connectivity index (χ3n) is 5.40. The molecule has 2 heterocycles. The Balaban J connectivity index is 1.46. The van der Waals surface area contributed by atoms with Crippen LogP contribution in [-0.4, -0.2) is 46.5 Å². The zero-order valence-corrected chi connectivity index (χ0v) is 17.1. The van der Waals surface area contributed by atoms with Gasteiger partial charge in [-0.15, -0.1) is 0 Å². The molecule has 6 heteroatoms. The maximum atomic E-state index is 8.95. The Hall–Kier alpha value is -2.34. The second-order valence-electron chi connectivity index (χ2n) is 7.50. The highest BCUT2D eigenvalue weighted by molar-refractivity contribution is 6.30. The van der Waals surface area contributed by atoms with Gasteiger partial charge in [-0.2, -0.15) is 5.10 Å². The summed E-state index contributed by atoms with van der Waals surface area (Å²) in [5.41, 5.74) is 4.73. The van der Waals surface area contributed by atoms with Crippen LogP contribution in [0.4, 0.5) is 0 Å². The average molecular weight is 412 g/mol. The minimum Gasteiger partial charge on any atom is -0.491 e. The predicted molar refractivity (Wildman–Crippen MR) is 115 cm³/mol. The quantitative estimate of drug-likeness (QED) is 0.601. The Morgan fingerprint density at radius 2 is 2.07 bits per heavy atom. The lowest BCUT2D eigenvalue weighted by atomic mass is 9.90. The Morgan fingerprint density at radius 3 is 2.90 bits per heavy atom. The van der Waals surface area contributed by atoms with Crippen LogP contribution in [0.25, 0.3) is 11.1 Å². The van der Waals surface area contributed by atoms with Gasteiger partial charge in [0.25, 0.3) is 0 Å². The third kappa shape index (κ3) is 4.99. The first-order valence-corrected chi connectivity index (χ1v) is 10.4. The normalized spacial score (nSPS) is 17.4. The van der Waals surface area contributed by atoms with Crippen molar-refractivity contribution in [2.24, 2.45) is 0 Å². The van der Waals surface area contributed by atoms with E-state index in [0.29, 0.717) is 12.5 Å². The van der Waals surface area contributed by atoms with E-state index in [4.69, 9.17) is 21.4 Å². The highest BCUT2D eigenvalue weighted by atomic mass is 35.5. The van der Waals surface area contributed by atoms with Gasteiger partial charge in [-0.3, -0.25) is 10.00 Å². The van der Waals surface area contributed by atoms with Gasteiger partial charge in [0.1, 0.15) is 12.4 Å². The van der Waals surface area contributed by atoms with E-state index in [1.54, 1.807) is 0 Å². The van der Waals surface area contributed by atoms with E-state index in [-0.39, 0.29) is 6.61 Å². The SMILES string of the molecule is OCCOc1cccc(CN2CCCC(c3[nH]ncc3-c3ccc(Cl)cc3)C2)c1. The van der Waals surface area contributed by atoms with E-state index in [1.165, 1.54) is 11.3 Å². The summed E-state index contributed by atoms with van der Waals surface area (Å²) in [5.74, 6) is 1.23. The fourth-order valence-electron chi connectivity index (χ4n) is 4.06. The Morgan fingerprint density at radius 1 is 1.21 bits per heavy atom. The van der Waals surface area contributed by atoms with Crippen LogP contribution in [-0.2, 0) is 6.54 Å². The zero-order valence-electron chi connectivity index (χ0n) is 16.4. The molecular weight excluding hydrogens is 386 g/mol. The van der Waals surface area contributed by atoms with Gasteiger partial charge in [-0.25, -0.2) is 0 Å². The number of nitrogens with zero attached hydrogens (tertiary/aromatic N) is 2. The van der Waals surface area contributed by atoms with Crippen molar-refractivity contribution in [1.82, 2.24) is 15.1 Å². The zero-order chi connectivity index (χ0) is 20.1. The number of aromatic amines is 1. The van der Waals surface area contributed by atoms with Crippen molar-refractivity contribution in [2.75, 3.05) is 26.3 Å². The molecule has 1 aliphatic rings. The number of halogens is 1. The number of ether oxygens (including phenoxy) is 1. The van der Waals surface area contributed by atoms with E-state index >= 15 is 0 Å². The molecule has 2 aromatic carbocycles. The molecule has 1 fully saturated rings. The minimum atomic E-state index is 0.0260. The summed E-state index contributed by atoms with van der Waals surface area (Å²) in [5, 5.41) is 17.3. The molecule has 5 nitrogen and oxygen atoms in total. The molecule has 3 aromatic rings. The van der Waals surface area contributed by atoms with Gasteiger partial charge in [0.2, 0.25) is 0 Å². The molecule has 0 saturated carbocycles. The fourth-order valence-corrected chi connectivity index (χ4v) is 4.18. The van der Waals surface area contributed by atoms with Crippen molar-refractivity contribution in [1.29, 1.82) is 0 Å². The number of aliphatic hydroxyl groups excluding tert-OH is 1. The molecule has 1 atom stereocenters. The van der Waals surface area contributed by atoms with Gasteiger partial charge in [0, 0.05) is 35.3 Å². The molecule has 0 aliphatic carbocycles. The number of piperidine rings is 1. The van der Waals surface area contributed by atoms with Crippen LogP contribution in [0.1, 0.15) is 30.0 Å². The molecular formula is C23H26ClN3O2. The van der Waals surface area contributed by atoms with Crippen LogP contribution in [0.5, 0.6) is 5.75 Å². The molecule has 0 amide bonds. The summed E-state index contributed by atoms with van der Waals surface area (Å²) in [6.45, 7) is 3.31. The van der Waals surface area contributed by atoms with Crippen molar-refractivity contribution >= 4 is 11.6 Å². The van der Waals surface area contributed by atoms with Gasteiger partial charge >= 0.3 is 0 Å². The average Bonchev–Trinajstić information content (AvgIpc) is 3.23. The third-order valence-corrected chi connectivity index (χ3v) is 5.65. The Labute approximate surface area is 176 Å². The standard InChI is InChI=1S/C23H26ClN3O2/c24-20-8-6-18(7-9-20)22-14-25-26-23(22)19-4-2-10-27(16-19)15-17-3-1-5-21(13-17)29-12-11-28/h1,3,5-9,13-14,19,28H,2,4,10-12,15-16H2,(H,25,26). The van der Waals surface area contributed by atoms with E-state index < -0.39 is 0 Å². The number of hydrogen-bond acceptors (Lipinski definition) is 4. The predicted octanol–water partition coefficient (Wildman–Crippen LogP) is 4.48. The summed E-state index contributed by atoms with van der Waals surface area (Å²) < 4.78 is 5.55. The molecule has 4 rings (SSSR count). The minimum absolute atomic E-state index is 0.0260. The van der Waals surface area contributed by atoms with E-state index in [9.17, 15) is 0 Å². The molecule has 0 radical (unpaired) electrons. The van der Waals surface area contributed by atoms with Crippen molar-refractivity contribution in [3.63, 3.8) is 0 Å². The van der Waals surface area contributed by atoms with Crippen molar-refractivity contribution in [2.45, 2.75) is 25.3 Å². The highest BCUT2D eigenvalue weighted by Crippen LogP contribution is 2.34. The van der Waals surface area contributed by atoms with Crippen LogP contribution in [0, 0.1) is 0 Å². The number of benzene rings is 2. The second-order valence-corrected chi connectivity index (χ2v) is 7.93. The summed E-state index contributed by atoms with van der Waals surface area (Å²) in [7, 11) is 0. The van der Waals surface area contributed by atoms with Crippen molar-refractivity contribution in [3.8, 4) is 16.9 Å². The van der Waals surface area contributed by atoms with Crippen molar-refractivity contribution in [3.05, 3.63) is 71.0 Å². The van der Waals surface area contributed by atoms with Gasteiger partial charge in [0.05, 0.1) is 12.8 Å². The van der Waals surface area contributed by atoms with E-state index in [0.717, 1.165) is 54.4 Å². The highest BCUT2D eigenvalue weighted by Gasteiger charge is 2.25. The molecule has 0 bridgehead atoms. The topological polar surface area (TPSA) is 61.4 Å². The lowest BCUT2D eigenvalue weighted by Gasteiger charge is -2.32. The van der Waals surface area contributed by atoms with Crippen LogP contribution in [0.3, 0.4) is 0 Å². The van der Waals surface area contributed by atoms with Gasteiger partial charge in [-0.05, 0) is 54.8 Å². The molecule has 29 heavy (non-hydrogen) atoms. The van der Waals surface area contributed by atoms with Crippen molar-refractivity contribution < 1.29 is 9.84 Å². The van der Waals surface area contributed by atoms with Crippen LogP contribution in [0.15, 0.2) is 54.7 Å². The van der Waals surface area contributed by atoms with Gasteiger partial charge < -0.3 is 9.84 Å². The maximum absolute atomic E-state index is 8.95. The van der Waals surface area contributed by atoms with Crippen LogP contribution < -0.4 is 4.74 Å². The summed E-state index contributed by atoms with van der Waals surface area (Å²) in [4.78, 5) is 2.49. The number of aliphatic hydroxyl groups is 1. The second kappa shape index (κ2) is 9.44. The van der Waals surface area contributed by atoms with E-state index in [1.807, 2.05) is 30.5 Å². The summed E-state index contributed by atoms with van der Waals surface area (Å²) >= 11 is 6.05. The summed E-state index contributed by atoms with van der Waals surface area (Å²) in [6, 6.07) is 16.1. The number of hydrogen-bond donors (Lipinski definition) is 2. The molecule has 1 saturated heterocycles. The molecule has 1 aliphatic heterocycles. The Kier molecular flexibility index (Phi) is 6.49. The van der Waals surface area contributed by atoms with E-state index in [2.05, 4.69) is 39.4 Å². The largest absolute Gasteiger partial charge is 0.491 e. The molecule has 2 N–H and O–H groups in total. The number of rotatable bonds is 7. The molecule has 1 aromatic heterocycles. The van der Waals surface area contributed by atoms with Crippen LogP contribution in [0.2, 0.25) is 5.02 Å². The monoisotopic (exact) mass is 411 g/mol. The van der Waals surface area contributed by atoms with Crippen LogP contribution >= 0.6 is 11.6 Å². The molecule has 152 valence electrons. The van der Waals surface area contributed by atoms with Gasteiger partial charge in [-0.1, -0.05) is 35.9 Å². The fraction of sp³-hybridized carbons (Fsp3) is 0.348. The number of H-pyrrole nitrogens is 1. The first-order valence-electron chi connectivity index (χ1n) is 10.1. The van der Waals surface area contributed by atoms with Gasteiger partial charge in [0.15, 0.2) is 0 Å². The number of likely N-dealkylation sites (tertiary alicyclic amines) is 1. The maximum Gasteiger partial charge on any atom is 0.119 e. The number of aromatic nitrogens is 2. The molecule has 1 unspecified atom stereocenters. The number of nitrogens with one attached hydrogen (secondary N) is 1. The molecule has 0 spiro atoms. The lowest BCUT2D eigenvalue weighted by Crippen LogP contribution is -2.34. The summed E-state index contributed by atoms with van der Waals surface area (Å²) in [6.07, 6.45) is 4.23. The lowest BCUT2D eigenvalue weighted by molar-refractivity contribution is 0.195. The first-order chi connectivity index (χ1) is 14.2.